The quantitative estimate of drug-likeness (QED) is 0.751. The molecule has 24 heavy (non-hydrogen) atoms. The molecular formula is C20H29NO3. The van der Waals surface area contributed by atoms with Crippen LogP contribution in [0.1, 0.15) is 52.4 Å². The standard InChI is InChI=1S/C20H29NO3/c1-19-10-8-14-12(13(19)5-6-15(19)18(23)24-3)4-7-16-20(14,2)11-9-17(22)21-16/h9,11-16H,4-8,10H2,1-3H3,(H,21,22)/t12-,13+,14+,15-,16-,19+,20-/m1/s1. The van der Waals surface area contributed by atoms with Gasteiger partial charge in [-0.15, -0.1) is 0 Å². The number of ether oxygens (including phenoxy) is 1. The van der Waals surface area contributed by atoms with Crippen LogP contribution in [0, 0.1) is 34.5 Å². The Kier molecular flexibility index (Phi) is 3.59. The Morgan fingerprint density at radius 1 is 1.17 bits per heavy atom. The summed E-state index contributed by atoms with van der Waals surface area (Å²) in [4.78, 5) is 24.0. The van der Waals surface area contributed by atoms with E-state index in [2.05, 4.69) is 25.2 Å². The minimum absolute atomic E-state index is 0.0110. The van der Waals surface area contributed by atoms with Crippen LogP contribution in [0.4, 0.5) is 0 Å². The minimum Gasteiger partial charge on any atom is -0.469 e. The molecule has 3 saturated carbocycles. The van der Waals surface area contributed by atoms with E-state index in [9.17, 15) is 9.59 Å². The molecule has 1 N–H and O–H groups in total. The van der Waals surface area contributed by atoms with Crippen LogP contribution >= 0.6 is 0 Å². The van der Waals surface area contributed by atoms with Gasteiger partial charge < -0.3 is 10.1 Å². The number of carbonyl (C=O) groups is 2. The fraction of sp³-hybridized carbons (Fsp3) is 0.800. The van der Waals surface area contributed by atoms with Gasteiger partial charge in [0.2, 0.25) is 5.91 Å². The van der Waals surface area contributed by atoms with Gasteiger partial charge in [-0.05, 0) is 67.8 Å². The first-order valence-corrected chi connectivity index (χ1v) is 9.47. The van der Waals surface area contributed by atoms with Gasteiger partial charge in [0, 0.05) is 11.5 Å². The summed E-state index contributed by atoms with van der Waals surface area (Å²) in [6, 6.07) is 0.276. The van der Waals surface area contributed by atoms with Gasteiger partial charge in [-0.25, -0.2) is 0 Å². The second kappa shape index (κ2) is 5.34. The Bertz CT molecular complexity index is 600. The van der Waals surface area contributed by atoms with E-state index in [-0.39, 0.29) is 34.7 Å². The third-order valence-corrected chi connectivity index (χ3v) is 8.17. The average molecular weight is 331 g/mol. The summed E-state index contributed by atoms with van der Waals surface area (Å²) >= 11 is 0. The zero-order chi connectivity index (χ0) is 17.1. The van der Waals surface area contributed by atoms with E-state index < -0.39 is 0 Å². The average Bonchev–Trinajstić information content (AvgIpc) is 2.92. The molecule has 4 nitrogen and oxygen atoms in total. The maximum Gasteiger partial charge on any atom is 0.309 e. The Hall–Kier alpha value is -1.32. The van der Waals surface area contributed by atoms with Gasteiger partial charge in [-0.3, -0.25) is 9.59 Å². The lowest BCUT2D eigenvalue weighted by atomic mass is 9.48. The molecule has 0 spiro atoms. The first-order chi connectivity index (χ1) is 11.4. The second-order valence-corrected chi connectivity index (χ2v) is 8.91. The van der Waals surface area contributed by atoms with Crippen molar-refractivity contribution in [3.63, 3.8) is 0 Å². The molecule has 1 amide bonds. The summed E-state index contributed by atoms with van der Waals surface area (Å²) in [5.41, 5.74) is 0.167. The first kappa shape index (κ1) is 16.2. The Morgan fingerprint density at radius 2 is 1.96 bits per heavy atom. The molecule has 3 aliphatic carbocycles. The predicted molar refractivity (Wildman–Crippen MR) is 91.0 cm³/mol. The van der Waals surface area contributed by atoms with E-state index in [1.807, 2.05) is 0 Å². The lowest BCUT2D eigenvalue weighted by Crippen LogP contribution is -2.59. The van der Waals surface area contributed by atoms with E-state index in [4.69, 9.17) is 4.74 Å². The van der Waals surface area contributed by atoms with E-state index >= 15 is 0 Å². The van der Waals surface area contributed by atoms with Gasteiger partial charge in [0.1, 0.15) is 0 Å². The monoisotopic (exact) mass is 331 g/mol. The lowest BCUT2D eigenvalue weighted by molar-refractivity contribution is -0.153. The number of carbonyl (C=O) groups excluding carboxylic acids is 2. The summed E-state index contributed by atoms with van der Waals surface area (Å²) < 4.78 is 5.10. The van der Waals surface area contributed by atoms with Crippen LogP contribution in [0.5, 0.6) is 0 Å². The Balaban J connectivity index is 1.64. The van der Waals surface area contributed by atoms with Gasteiger partial charge in [0.05, 0.1) is 13.0 Å². The molecule has 4 aliphatic rings. The highest BCUT2D eigenvalue weighted by Gasteiger charge is 2.61. The van der Waals surface area contributed by atoms with Gasteiger partial charge in [-0.1, -0.05) is 19.9 Å². The largest absolute Gasteiger partial charge is 0.469 e. The summed E-state index contributed by atoms with van der Waals surface area (Å²) in [5.74, 6) is 2.01. The zero-order valence-corrected chi connectivity index (χ0v) is 15.0. The van der Waals surface area contributed by atoms with E-state index in [0.717, 1.165) is 32.1 Å². The number of hydrogen-bond donors (Lipinski definition) is 1. The van der Waals surface area contributed by atoms with Crippen LogP contribution in [-0.4, -0.2) is 25.0 Å². The molecule has 0 saturated heterocycles. The van der Waals surface area contributed by atoms with Crippen LogP contribution in [0.25, 0.3) is 0 Å². The highest BCUT2D eigenvalue weighted by Crippen LogP contribution is 2.65. The third kappa shape index (κ3) is 2.04. The molecule has 4 heteroatoms. The van der Waals surface area contributed by atoms with E-state index in [1.54, 1.807) is 6.08 Å². The fourth-order valence-electron chi connectivity index (χ4n) is 6.86. The number of rotatable bonds is 1. The van der Waals surface area contributed by atoms with Crippen LogP contribution in [0.2, 0.25) is 0 Å². The van der Waals surface area contributed by atoms with Crippen molar-refractivity contribution in [1.29, 1.82) is 0 Å². The molecule has 0 aromatic rings. The number of hydrogen-bond acceptors (Lipinski definition) is 3. The van der Waals surface area contributed by atoms with Crippen molar-refractivity contribution < 1.29 is 14.3 Å². The van der Waals surface area contributed by atoms with Crippen LogP contribution in [0.3, 0.4) is 0 Å². The molecule has 0 aromatic carbocycles. The summed E-state index contributed by atoms with van der Waals surface area (Å²) in [6.45, 7) is 4.66. The van der Waals surface area contributed by atoms with Crippen molar-refractivity contribution in [3.8, 4) is 0 Å². The molecule has 1 aliphatic heterocycles. The highest BCUT2D eigenvalue weighted by molar-refractivity contribution is 5.89. The van der Waals surface area contributed by atoms with Gasteiger partial charge in [0.25, 0.3) is 0 Å². The van der Waals surface area contributed by atoms with Crippen molar-refractivity contribution in [2.75, 3.05) is 7.11 Å². The molecular weight excluding hydrogens is 302 g/mol. The van der Waals surface area contributed by atoms with Crippen molar-refractivity contribution in [1.82, 2.24) is 5.32 Å². The molecule has 3 fully saturated rings. The summed E-state index contributed by atoms with van der Waals surface area (Å²) in [5, 5.41) is 3.20. The second-order valence-electron chi connectivity index (χ2n) is 8.91. The number of nitrogens with one attached hydrogen (secondary N) is 1. The predicted octanol–water partition coefficient (Wildman–Crippen LogP) is 3.07. The SMILES string of the molecule is COC(=O)[C@H]1CC[C@H]2[C@H]3CC[C@H]4NC(=O)C=C[C@]4(C)[C@H]3CC[C@]12C. The topological polar surface area (TPSA) is 55.4 Å². The molecule has 7 atom stereocenters. The molecule has 0 bridgehead atoms. The molecule has 132 valence electrons. The van der Waals surface area contributed by atoms with Crippen molar-refractivity contribution in [2.45, 2.75) is 58.4 Å². The highest BCUT2D eigenvalue weighted by atomic mass is 16.5. The van der Waals surface area contributed by atoms with Gasteiger partial charge in [0.15, 0.2) is 0 Å². The molecule has 1 heterocycles. The number of esters is 1. The Morgan fingerprint density at radius 3 is 2.71 bits per heavy atom. The van der Waals surface area contributed by atoms with Crippen molar-refractivity contribution in [3.05, 3.63) is 12.2 Å². The van der Waals surface area contributed by atoms with Crippen LogP contribution in [-0.2, 0) is 14.3 Å². The minimum atomic E-state index is -0.0110. The number of amides is 1. The van der Waals surface area contributed by atoms with E-state index in [0.29, 0.717) is 17.8 Å². The normalized spacial score (nSPS) is 49.6. The summed E-state index contributed by atoms with van der Waals surface area (Å²) in [6.07, 6.45) is 10.5. The molecule has 0 aromatic heterocycles. The lowest BCUT2D eigenvalue weighted by Gasteiger charge is -2.58. The smallest absolute Gasteiger partial charge is 0.309 e. The molecule has 0 unspecified atom stereocenters. The van der Waals surface area contributed by atoms with E-state index in [1.165, 1.54) is 13.5 Å². The molecule has 0 radical (unpaired) electrons. The first-order valence-electron chi connectivity index (χ1n) is 9.47. The zero-order valence-electron chi connectivity index (χ0n) is 15.0. The number of fused-ring (bicyclic) bond motifs is 5. The van der Waals surface area contributed by atoms with Crippen LogP contribution in [0.15, 0.2) is 12.2 Å². The fourth-order valence-corrected chi connectivity index (χ4v) is 6.86. The van der Waals surface area contributed by atoms with Crippen LogP contribution < -0.4 is 5.32 Å². The summed E-state index contributed by atoms with van der Waals surface area (Å²) in [7, 11) is 1.52. The number of methoxy groups -OCH3 is 1. The maximum absolute atomic E-state index is 12.3. The van der Waals surface area contributed by atoms with Gasteiger partial charge >= 0.3 is 5.97 Å². The van der Waals surface area contributed by atoms with Gasteiger partial charge in [-0.2, -0.15) is 0 Å². The Labute approximate surface area is 144 Å². The molecule has 4 rings (SSSR count). The third-order valence-electron chi connectivity index (χ3n) is 8.17. The van der Waals surface area contributed by atoms with Crippen molar-refractivity contribution >= 4 is 11.9 Å². The van der Waals surface area contributed by atoms with Crippen molar-refractivity contribution in [2.24, 2.45) is 34.5 Å². The maximum atomic E-state index is 12.3.